The van der Waals surface area contributed by atoms with Crippen molar-refractivity contribution in [3.8, 4) is 11.5 Å². The molecule has 0 N–H and O–H groups in total. The van der Waals surface area contributed by atoms with Crippen LogP contribution in [0.4, 0.5) is 5.69 Å². The summed E-state index contributed by atoms with van der Waals surface area (Å²) in [6.07, 6.45) is 0. The number of sulfonamides is 1. The van der Waals surface area contributed by atoms with E-state index in [1.165, 1.54) is 40.7 Å². The van der Waals surface area contributed by atoms with Crippen LogP contribution in [-0.2, 0) is 21.4 Å². The maximum absolute atomic E-state index is 12.8. The predicted octanol–water partition coefficient (Wildman–Crippen LogP) is 3.69. The zero-order valence-corrected chi connectivity index (χ0v) is 19.2. The summed E-state index contributed by atoms with van der Waals surface area (Å²) < 4.78 is 37.4. The monoisotopic (exact) mass is 494 g/mol. The number of non-ortho nitro benzene ring substituents is 1. The molecule has 0 saturated heterocycles. The summed E-state index contributed by atoms with van der Waals surface area (Å²) in [4.78, 5) is 22.5. The molecule has 0 amide bonds. The number of carbonyl (C=O) groups is 1. The second-order valence-corrected chi connectivity index (χ2v) is 8.93. The van der Waals surface area contributed by atoms with Gasteiger partial charge in [-0.05, 0) is 30.3 Å². The van der Waals surface area contributed by atoms with Gasteiger partial charge in [0.15, 0.2) is 6.61 Å². The van der Waals surface area contributed by atoms with E-state index >= 15 is 0 Å². The molecule has 0 aliphatic heterocycles. The lowest BCUT2D eigenvalue weighted by atomic mass is 10.2. The molecular formula is C20H19ClN4O7S. The summed E-state index contributed by atoms with van der Waals surface area (Å²) in [7, 11) is -3.88. The summed E-state index contributed by atoms with van der Waals surface area (Å²) >= 11 is 6.08. The average Bonchev–Trinajstić information content (AvgIpc) is 3.27. The molecule has 1 aromatic heterocycles. The van der Waals surface area contributed by atoms with E-state index in [0.717, 1.165) is 6.07 Å². The third-order valence-corrected chi connectivity index (χ3v) is 7.14. The smallest absolute Gasteiger partial charge is 0.338 e. The average molecular weight is 495 g/mol. The number of nitro groups is 1. The molecule has 0 unspecified atom stereocenters. The number of rotatable bonds is 9. The second kappa shape index (κ2) is 10.1. The topological polar surface area (TPSA) is 146 Å². The maximum atomic E-state index is 12.8. The minimum absolute atomic E-state index is 0.0110. The van der Waals surface area contributed by atoms with Gasteiger partial charge in [0.25, 0.3) is 11.6 Å². The fourth-order valence-corrected chi connectivity index (χ4v) is 4.85. The largest absolute Gasteiger partial charge is 0.452 e. The van der Waals surface area contributed by atoms with Crippen molar-refractivity contribution in [2.45, 2.75) is 25.3 Å². The predicted molar refractivity (Wildman–Crippen MR) is 117 cm³/mol. The Morgan fingerprint density at radius 1 is 1.15 bits per heavy atom. The lowest BCUT2D eigenvalue weighted by Crippen LogP contribution is -2.31. The van der Waals surface area contributed by atoms with Crippen molar-refractivity contribution in [2.75, 3.05) is 13.1 Å². The molecule has 1 heterocycles. The molecule has 11 nitrogen and oxygen atoms in total. The molecular weight excluding hydrogens is 476 g/mol. The number of halogens is 1. The van der Waals surface area contributed by atoms with Crippen LogP contribution in [0.25, 0.3) is 11.5 Å². The van der Waals surface area contributed by atoms with Gasteiger partial charge in [0.05, 0.1) is 15.5 Å². The van der Waals surface area contributed by atoms with E-state index in [4.69, 9.17) is 20.8 Å². The van der Waals surface area contributed by atoms with Gasteiger partial charge in [-0.2, -0.15) is 4.31 Å². The Kier molecular flexibility index (Phi) is 7.41. The summed E-state index contributed by atoms with van der Waals surface area (Å²) in [6, 6.07) is 9.32. The molecule has 0 aliphatic carbocycles. The lowest BCUT2D eigenvalue weighted by molar-refractivity contribution is -0.384. The van der Waals surface area contributed by atoms with Crippen molar-refractivity contribution in [2.24, 2.45) is 0 Å². The standard InChI is InChI=1S/C20H19ClN4O7S/c1-3-24(4-2)33(29,30)17-11-14(7-10-16(17)21)20(26)31-12-18-22-23-19(32-18)13-5-8-15(9-6-13)25(27)28/h5-11H,3-4,12H2,1-2H3. The van der Waals surface area contributed by atoms with Gasteiger partial charge in [-0.25, -0.2) is 13.2 Å². The van der Waals surface area contributed by atoms with Crippen molar-refractivity contribution in [1.29, 1.82) is 0 Å². The molecule has 0 aliphatic rings. The molecule has 33 heavy (non-hydrogen) atoms. The number of hydrogen-bond acceptors (Lipinski definition) is 9. The molecule has 2 aromatic carbocycles. The highest BCUT2D eigenvalue weighted by Crippen LogP contribution is 2.26. The molecule has 0 radical (unpaired) electrons. The number of nitrogens with zero attached hydrogens (tertiary/aromatic N) is 4. The Balaban J connectivity index is 1.72. The van der Waals surface area contributed by atoms with Crippen LogP contribution >= 0.6 is 11.6 Å². The van der Waals surface area contributed by atoms with Crippen LogP contribution in [-0.4, -0.2) is 46.9 Å². The highest BCUT2D eigenvalue weighted by molar-refractivity contribution is 7.89. The van der Waals surface area contributed by atoms with Crippen molar-refractivity contribution < 1.29 is 27.3 Å². The molecule has 174 valence electrons. The van der Waals surface area contributed by atoms with Crippen LogP contribution in [0, 0.1) is 10.1 Å². The van der Waals surface area contributed by atoms with Crippen molar-refractivity contribution in [3.63, 3.8) is 0 Å². The van der Waals surface area contributed by atoms with Gasteiger partial charge < -0.3 is 9.15 Å². The number of nitro benzene ring substituents is 1. The number of aromatic nitrogens is 2. The third kappa shape index (κ3) is 5.35. The molecule has 13 heteroatoms. The molecule has 0 saturated carbocycles. The Bertz CT molecular complexity index is 1270. The highest BCUT2D eigenvalue weighted by atomic mass is 35.5. The normalized spacial score (nSPS) is 11.5. The summed E-state index contributed by atoms with van der Waals surface area (Å²) in [5.41, 5.74) is 0.354. The summed E-state index contributed by atoms with van der Waals surface area (Å²) in [5, 5.41) is 18.3. The summed E-state index contributed by atoms with van der Waals surface area (Å²) in [5.74, 6) is -0.727. The quantitative estimate of drug-likeness (QED) is 0.247. The van der Waals surface area contributed by atoms with Crippen LogP contribution in [0.5, 0.6) is 0 Å². The van der Waals surface area contributed by atoms with Crippen LogP contribution in [0.3, 0.4) is 0 Å². The number of benzene rings is 2. The Labute approximate surface area is 194 Å². The minimum atomic E-state index is -3.88. The first-order valence-electron chi connectivity index (χ1n) is 9.71. The van der Waals surface area contributed by atoms with Crippen molar-refractivity contribution in [1.82, 2.24) is 14.5 Å². The Morgan fingerprint density at radius 2 is 1.82 bits per heavy atom. The number of ether oxygens (including phenoxy) is 1. The fourth-order valence-electron chi connectivity index (χ4n) is 2.90. The molecule has 3 rings (SSSR count). The molecule has 0 bridgehead atoms. The number of esters is 1. The third-order valence-electron chi connectivity index (χ3n) is 4.61. The maximum Gasteiger partial charge on any atom is 0.338 e. The highest BCUT2D eigenvalue weighted by Gasteiger charge is 2.26. The second-order valence-electron chi connectivity index (χ2n) is 6.62. The molecule has 0 atom stereocenters. The Morgan fingerprint density at radius 3 is 2.42 bits per heavy atom. The minimum Gasteiger partial charge on any atom is -0.452 e. The number of hydrogen-bond donors (Lipinski definition) is 0. The first kappa shape index (κ1) is 24.3. The van der Waals surface area contributed by atoms with E-state index in [1.807, 2.05) is 0 Å². The molecule has 0 fully saturated rings. The molecule has 0 spiro atoms. The van der Waals surface area contributed by atoms with Crippen LogP contribution in [0.2, 0.25) is 5.02 Å². The van der Waals surface area contributed by atoms with Gasteiger partial charge in [0.2, 0.25) is 15.9 Å². The first-order chi connectivity index (χ1) is 15.7. The summed E-state index contributed by atoms with van der Waals surface area (Å²) in [6.45, 7) is 3.53. The van der Waals surface area contributed by atoms with Crippen LogP contribution in [0.15, 0.2) is 51.8 Å². The zero-order chi connectivity index (χ0) is 24.2. The lowest BCUT2D eigenvalue weighted by Gasteiger charge is -2.19. The van der Waals surface area contributed by atoms with E-state index < -0.39 is 20.9 Å². The van der Waals surface area contributed by atoms with Crippen molar-refractivity contribution >= 4 is 33.3 Å². The van der Waals surface area contributed by atoms with Crippen LogP contribution < -0.4 is 0 Å². The zero-order valence-electron chi connectivity index (χ0n) is 17.6. The fraction of sp³-hybridized carbons (Fsp3) is 0.250. The van der Waals surface area contributed by atoms with Gasteiger partial charge >= 0.3 is 5.97 Å². The first-order valence-corrected chi connectivity index (χ1v) is 11.5. The number of carbonyl (C=O) groups excluding carboxylic acids is 1. The van der Waals surface area contributed by atoms with Gasteiger partial charge in [-0.1, -0.05) is 25.4 Å². The van der Waals surface area contributed by atoms with Gasteiger partial charge in [-0.15, -0.1) is 10.2 Å². The van der Waals surface area contributed by atoms with Gasteiger partial charge in [0, 0.05) is 30.8 Å². The Hall–Kier alpha value is -3.35. The van der Waals surface area contributed by atoms with E-state index in [2.05, 4.69) is 10.2 Å². The van der Waals surface area contributed by atoms with E-state index in [1.54, 1.807) is 13.8 Å². The van der Waals surface area contributed by atoms with Crippen molar-refractivity contribution in [3.05, 3.63) is 69.1 Å². The van der Waals surface area contributed by atoms with E-state index in [-0.39, 0.29) is 52.6 Å². The van der Waals surface area contributed by atoms with Crippen LogP contribution in [0.1, 0.15) is 30.1 Å². The SMILES string of the molecule is CCN(CC)S(=O)(=O)c1cc(C(=O)OCc2nnc(-c3ccc([N+](=O)[O-])cc3)o2)ccc1Cl. The van der Waals surface area contributed by atoms with E-state index in [9.17, 15) is 23.3 Å². The molecule has 3 aromatic rings. The van der Waals surface area contributed by atoms with Gasteiger partial charge in [-0.3, -0.25) is 10.1 Å². The van der Waals surface area contributed by atoms with Gasteiger partial charge in [0.1, 0.15) is 4.90 Å². The van der Waals surface area contributed by atoms with E-state index in [0.29, 0.717) is 5.56 Å².